The maximum absolute atomic E-state index is 5.52. The van der Waals surface area contributed by atoms with E-state index in [0.717, 1.165) is 23.1 Å². The summed E-state index contributed by atoms with van der Waals surface area (Å²) in [5.41, 5.74) is 0.853. The van der Waals surface area contributed by atoms with Crippen LogP contribution in [0.25, 0.3) is 17.3 Å². The molecular weight excluding hydrogens is 338 g/mol. The molecule has 0 aromatic carbocycles. The van der Waals surface area contributed by atoms with Crippen LogP contribution in [0.2, 0.25) is 0 Å². The Labute approximate surface area is 160 Å². The number of unbranched alkanes of at least 4 members (excludes halogenated alkanes) is 2. The van der Waals surface area contributed by atoms with E-state index in [-0.39, 0.29) is 0 Å². The van der Waals surface area contributed by atoms with Gasteiger partial charge >= 0.3 is 0 Å². The van der Waals surface area contributed by atoms with Gasteiger partial charge in [0.05, 0.1) is 5.56 Å². The Bertz CT molecular complexity index is 817. The van der Waals surface area contributed by atoms with Crippen LogP contribution in [0.4, 0.5) is 0 Å². The molecule has 0 radical (unpaired) electrons. The highest BCUT2D eigenvalue weighted by atomic mass is 16.5. The van der Waals surface area contributed by atoms with Gasteiger partial charge in [0.25, 0.3) is 5.89 Å². The normalized spacial score (nSPS) is 20.0. The van der Waals surface area contributed by atoms with Crippen LogP contribution in [0.1, 0.15) is 70.0 Å². The Morgan fingerprint density at radius 3 is 2.74 bits per heavy atom. The van der Waals surface area contributed by atoms with Gasteiger partial charge in [-0.3, -0.25) is 4.57 Å². The number of aromatic nitrogens is 5. The van der Waals surface area contributed by atoms with Gasteiger partial charge < -0.3 is 4.52 Å². The van der Waals surface area contributed by atoms with Crippen LogP contribution in [0, 0.1) is 5.92 Å². The minimum Gasteiger partial charge on any atom is -0.334 e. The second kappa shape index (κ2) is 8.46. The topological polar surface area (TPSA) is 69.6 Å². The van der Waals surface area contributed by atoms with Crippen molar-refractivity contribution >= 4 is 0 Å². The molecule has 142 valence electrons. The van der Waals surface area contributed by atoms with Gasteiger partial charge in [-0.1, -0.05) is 37.8 Å². The predicted octanol–water partition coefficient (Wildman–Crippen LogP) is 5.17. The molecule has 1 fully saturated rings. The molecule has 1 saturated carbocycles. The van der Waals surface area contributed by atoms with Crippen LogP contribution >= 0.6 is 0 Å². The van der Waals surface area contributed by atoms with E-state index in [1.807, 2.05) is 22.9 Å². The van der Waals surface area contributed by atoms with Gasteiger partial charge in [0.15, 0.2) is 5.82 Å². The van der Waals surface area contributed by atoms with Crippen molar-refractivity contribution < 1.29 is 4.52 Å². The lowest BCUT2D eigenvalue weighted by atomic mass is 9.79. The molecule has 0 amide bonds. The first kappa shape index (κ1) is 17.9. The number of pyridine rings is 1. The van der Waals surface area contributed by atoms with Gasteiger partial charge in [0, 0.05) is 24.5 Å². The van der Waals surface area contributed by atoms with E-state index in [4.69, 9.17) is 4.52 Å². The standard InChI is InChI=1S/C21H27N5O/c1-2-3-4-5-16-6-8-17(9-7-16)20-24-21(27-25-20)18-10-11-19(23-14-18)26-13-12-22-15-26/h10-17H,2-9H2,1H3. The molecule has 27 heavy (non-hydrogen) atoms. The zero-order valence-corrected chi connectivity index (χ0v) is 15.9. The minimum atomic E-state index is 0.433. The molecule has 3 heterocycles. The number of hydrogen-bond acceptors (Lipinski definition) is 5. The Morgan fingerprint density at radius 1 is 1.15 bits per heavy atom. The van der Waals surface area contributed by atoms with Crippen LogP contribution in [0.15, 0.2) is 41.6 Å². The molecule has 0 saturated heterocycles. The molecular formula is C21H27N5O. The fourth-order valence-corrected chi connectivity index (χ4v) is 3.97. The third-order valence-corrected chi connectivity index (χ3v) is 5.63. The highest BCUT2D eigenvalue weighted by molar-refractivity contribution is 5.52. The molecule has 4 rings (SSSR count). The van der Waals surface area contributed by atoms with Crippen molar-refractivity contribution in [2.45, 2.75) is 64.2 Å². The summed E-state index contributed by atoms with van der Waals surface area (Å²) in [6, 6.07) is 3.90. The Kier molecular flexibility index (Phi) is 5.61. The van der Waals surface area contributed by atoms with Gasteiger partial charge in [-0.05, 0) is 43.7 Å². The monoisotopic (exact) mass is 365 g/mol. The molecule has 0 N–H and O–H groups in total. The van der Waals surface area contributed by atoms with Crippen LogP contribution in [-0.2, 0) is 0 Å². The van der Waals surface area contributed by atoms with Crippen molar-refractivity contribution in [2.24, 2.45) is 5.92 Å². The predicted molar refractivity (Wildman–Crippen MR) is 103 cm³/mol. The molecule has 0 aliphatic heterocycles. The molecule has 6 nitrogen and oxygen atoms in total. The summed E-state index contributed by atoms with van der Waals surface area (Å²) in [4.78, 5) is 13.2. The maximum atomic E-state index is 5.52. The van der Waals surface area contributed by atoms with Gasteiger partial charge in [0.1, 0.15) is 12.1 Å². The first-order valence-corrected chi connectivity index (χ1v) is 10.1. The molecule has 3 aromatic rings. The van der Waals surface area contributed by atoms with Crippen molar-refractivity contribution in [3.8, 4) is 17.3 Å². The van der Waals surface area contributed by atoms with E-state index in [0.29, 0.717) is 11.8 Å². The molecule has 3 aromatic heterocycles. The summed E-state index contributed by atoms with van der Waals surface area (Å²) in [6.07, 6.45) is 17.5. The maximum Gasteiger partial charge on any atom is 0.259 e. The highest BCUT2D eigenvalue weighted by Crippen LogP contribution is 2.37. The average Bonchev–Trinajstić information content (AvgIpc) is 3.41. The van der Waals surface area contributed by atoms with Crippen molar-refractivity contribution in [1.82, 2.24) is 24.7 Å². The lowest BCUT2D eigenvalue weighted by Gasteiger charge is -2.26. The second-order valence-corrected chi connectivity index (χ2v) is 7.55. The van der Waals surface area contributed by atoms with Crippen LogP contribution < -0.4 is 0 Å². The summed E-state index contributed by atoms with van der Waals surface area (Å²) in [5, 5.41) is 4.26. The fraction of sp³-hybridized carbons (Fsp3) is 0.524. The molecule has 0 bridgehead atoms. The van der Waals surface area contributed by atoms with Crippen molar-refractivity contribution in [3.05, 3.63) is 42.9 Å². The molecule has 0 atom stereocenters. The Balaban J connectivity index is 1.36. The SMILES string of the molecule is CCCCCC1CCC(c2noc(-c3ccc(-n4ccnc4)nc3)n2)CC1. The van der Waals surface area contributed by atoms with E-state index in [1.54, 1.807) is 18.7 Å². The molecule has 1 aliphatic carbocycles. The Hall–Kier alpha value is -2.50. The van der Waals surface area contributed by atoms with Gasteiger partial charge in [0.2, 0.25) is 0 Å². The third kappa shape index (κ3) is 4.26. The van der Waals surface area contributed by atoms with Crippen LogP contribution in [0.5, 0.6) is 0 Å². The number of imidazole rings is 1. The summed E-state index contributed by atoms with van der Waals surface area (Å²) in [7, 11) is 0. The van der Waals surface area contributed by atoms with E-state index >= 15 is 0 Å². The van der Waals surface area contributed by atoms with E-state index in [2.05, 4.69) is 27.0 Å². The zero-order chi connectivity index (χ0) is 18.5. The summed E-state index contributed by atoms with van der Waals surface area (Å²) in [6.45, 7) is 2.27. The summed E-state index contributed by atoms with van der Waals surface area (Å²) in [5.74, 6) is 3.55. The first-order chi connectivity index (χ1) is 13.3. The van der Waals surface area contributed by atoms with Crippen molar-refractivity contribution in [2.75, 3.05) is 0 Å². The summed E-state index contributed by atoms with van der Waals surface area (Å²) >= 11 is 0. The van der Waals surface area contributed by atoms with E-state index in [9.17, 15) is 0 Å². The largest absolute Gasteiger partial charge is 0.334 e. The fourth-order valence-electron chi connectivity index (χ4n) is 3.97. The third-order valence-electron chi connectivity index (χ3n) is 5.63. The van der Waals surface area contributed by atoms with Gasteiger partial charge in [-0.25, -0.2) is 9.97 Å². The molecule has 1 aliphatic rings. The lowest BCUT2D eigenvalue weighted by molar-refractivity contribution is 0.292. The zero-order valence-electron chi connectivity index (χ0n) is 15.9. The molecule has 0 unspecified atom stereocenters. The number of hydrogen-bond donors (Lipinski definition) is 0. The quantitative estimate of drug-likeness (QED) is 0.540. The molecule has 6 heteroatoms. The first-order valence-electron chi connectivity index (χ1n) is 10.1. The second-order valence-electron chi connectivity index (χ2n) is 7.55. The van der Waals surface area contributed by atoms with E-state index in [1.165, 1.54) is 51.4 Å². The lowest BCUT2D eigenvalue weighted by Crippen LogP contribution is -2.14. The Morgan fingerprint density at radius 2 is 2.04 bits per heavy atom. The van der Waals surface area contributed by atoms with Crippen molar-refractivity contribution in [1.29, 1.82) is 0 Å². The van der Waals surface area contributed by atoms with Crippen LogP contribution in [-0.4, -0.2) is 24.7 Å². The van der Waals surface area contributed by atoms with Crippen molar-refractivity contribution in [3.63, 3.8) is 0 Å². The van der Waals surface area contributed by atoms with Gasteiger partial charge in [-0.15, -0.1) is 0 Å². The highest BCUT2D eigenvalue weighted by Gasteiger charge is 2.26. The number of nitrogens with zero attached hydrogens (tertiary/aromatic N) is 5. The number of rotatable bonds is 7. The molecule has 0 spiro atoms. The summed E-state index contributed by atoms with van der Waals surface area (Å²) < 4.78 is 7.38. The van der Waals surface area contributed by atoms with E-state index < -0.39 is 0 Å². The smallest absolute Gasteiger partial charge is 0.259 e. The minimum absolute atomic E-state index is 0.433. The average molecular weight is 365 g/mol. The van der Waals surface area contributed by atoms with Gasteiger partial charge in [-0.2, -0.15) is 4.98 Å². The van der Waals surface area contributed by atoms with Crippen LogP contribution in [0.3, 0.4) is 0 Å².